The third kappa shape index (κ3) is 3.83. The Kier molecular flexibility index (Phi) is 5.75. The summed E-state index contributed by atoms with van der Waals surface area (Å²) in [5.74, 6) is 0.387. The van der Waals surface area contributed by atoms with E-state index in [1.54, 1.807) is 12.5 Å². The van der Waals surface area contributed by atoms with Gasteiger partial charge >= 0.3 is 0 Å². The van der Waals surface area contributed by atoms with Crippen LogP contribution in [0.4, 0.5) is 0 Å². The highest BCUT2D eigenvalue weighted by Gasteiger charge is 2.28. The van der Waals surface area contributed by atoms with E-state index in [0.29, 0.717) is 5.92 Å². The zero-order chi connectivity index (χ0) is 19.5. The van der Waals surface area contributed by atoms with Gasteiger partial charge in [0, 0.05) is 39.9 Å². The molecule has 0 radical (unpaired) electrons. The molecule has 1 aromatic carbocycles. The molecule has 28 heavy (non-hydrogen) atoms. The average Bonchev–Trinajstić information content (AvgIpc) is 3.19. The number of likely N-dealkylation sites (tertiary alicyclic amines) is 1. The smallest absolute Gasteiger partial charge is 0.116 e. The van der Waals surface area contributed by atoms with Crippen LogP contribution >= 0.6 is 12.6 Å². The molecule has 0 amide bonds. The van der Waals surface area contributed by atoms with Gasteiger partial charge in [-0.1, -0.05) is 12.1 Å². The Bertz CT molecular complexity index is 904. The van der Waals surface area contributed by atoms with Crippen LogP contribution in [0.1, 0.15) is 31.4 Å². The second-order valence-electron chi connectivity index (χ2n) is 7.34. The number of H-pyrrole nitrogens is 1. The van der Waals surface area contributed by atoms with E-state index in [9.17, 15) is 5.11 Å². The molecule has 7 heteroatoms. The Balaban J connectivity index is 1.69. The minimum Gasteiger partial charge on any atom is -0.395 e. The predicted octanol–water partition coefficient (Wildman–Crippen LogP) is 3.38. The minimum atomic E-state index is 0.201. The first-order chi connectivity index (χ1) is 13.7. The van der Waals surface area contributed by atoms with E-state index in [4.69, 9.17) is 0 Å². The second kappa shape index (κ2) is 8.43. The molecule has 6 nitrogen and oxygen atoms in total. The number of benzene rings is 1. The van der Waals surface area contributed by atoms with Crippen molar-refractivity contribution in [1.29, 1.82) is 0 Å². The van der Waals surface area contributed by atoms with E-state index in [-0.39, 0.29) is 12.6 Å². The van der Waals surface area contributed by atoms with Crippen LogP contribution in [0.15, 0.2) is 47.8 Å². The summed E-state index contributed by atoms with van der Waals surface area (Å²) in [6.45, 7) is 4.22. The Morgan fingerprint density at radius 2 is 1.96 bits per heavy atom. The third-order valence-corrected chi connectivity index (χ3v) is 5.90. The van der Waals surface area contributed by atoms with E-state index < -0.39 is 0 Å². The van der Waals surface area contributed by atoms with Crippen molar-refractivity contribution in [3.63, 3.8) is 0 Å². The minimum absolute atomic E-state index is 0.201. The molecule has 2 N–H and O–H groups in total. The molecule has 0 saturated carbocycles. The summed E-state index contributed by atoms with van der Waals surface area (Å²) in [5, 5.41) is 17.4. The topological polar surface area (TPSA) is 77.9 Å². The molecular formula is C21H25N5OS. The maximum absolute atomic E-state index is 9.43. The van der Waals surface area contributed by atoms with Crippen LogP contribution in [0.3, 0.4) is 0 Å². The molecule has 146 valence electrons. The number of nitrogens with one attached hydrogen (secondary N) is 1. The van der Waals surface area contributed by atoms with Gasteiger partial charge in [-0.3, -0.25) is 10.00 Å². The molecular weight excluding hydrogens is 370 g/mol. The average molecular weight is 396 g/mol. The Morgan fingerprint density at radius 3 is 2.61 bits per heavy atom. The van der Waals surface area contributed by atoms with Gasteiger partial charge in [-0.25, -0.2) is 9.97 Å². The number of aliphatic hydroxyl groups is 1. The number of aliphatic hydroxyl groups excluding tert-OH is 1. The summed E-state index contributed by atoms with van der Waals surface area (Å²) in [6, 6.07) is 10.2. The van der Waals surface area contributed by atoms with Gasteiger partial charge in [0.2, 0.25) is 0 Å². The van der Waals surface area contributed by atoms with Crippen molar-refractivity contribution in [1.82, 2.24) is 25.1 Å². The molecule has 1 saturated heterocycles. The van der Waals surface area contributed by atoms with Crippen LogP contribution in [0.25, 0.3) is 22.5 Å². The zero-order valence-corrected chi connectivity index (χ0v) is 16.8. The first-order valence-electron chi connectivity index (χ1n) is 9.66. The SMILES string of the molecule is CC(CO)N1CCC(c2[nH]nc(-c3ccc(S)cc3)c2-c2ccncn2)CC1. The van der Waals surface area contributed by atoms with Crippen molar-refractivity contribution in [2.75, 3.05) is 19.7 Å². The molecule has 3 aromatic rings. The fraction of sp³-hybridized carbons (Fsp3) is 0.381. The summed E-state index contributed by atoms with van der Waals surface area (Å²) in [7, 11) is 0. The van der Waals surface area contributed by atoms with Gasteiger partial charge in [0.05, 0.1) is 12.3 Å². The fourth-order valence-corrected chi connectivity index (χ4v) is 4.07. The summed E-state index contributed by atoms with van der Waals surface area (Å²) >= 11 is 4.39. The Hall–Kier alpha value is -2.22. The van der Waals surface area contributed by atoms with E-state index in [1.807, 2.05) is 30.3 Å². The number of hydrogen-bond acceptors (Lipinski definition) is 6. The summed E-state index contributed by atoms with van der Waals surface area (Å²) < 4.78 is 0. The predicted molar refractivity (Wildman–Crippen MR) is 112 cm³/mol. The van der Waals surface area contributed by atoms with E-state index >= 15 is 0 Å². The van der Waals surface area contributed by atoms with Crippen LogP contribution < -0.4 is 0 Å². The summed E-state index contributed by atoms with van der Waals surface area (Å²) in [4.78, 5) is 11.9. The lowest BCUT2D eigenvalue weighted by molar-refractivity contribution is 0.108. The maximum Gasteiger partial charge on any atom is 0.116 e. The van der Waals surface area contributed by atoms with Crippen LogP contribution in [0.5, 0.6) is 0 Å². The Labute approximate surface area is 170 Å². The lowest BCUT2D eigenvalue weighted by atomic mass is 9.88. The Morgan fingerprint density at radius 1 is 1.21 bits per heavy atom. The molecule has 0 aliphatic carbocycles. The number of piperidine rings is 1. The van der Waals surface area contributed by atoms with Crippen molar-refractivity contribution >= 4 is 12.6 Å². The molecule has 1 aliphatic heterocycles. The number of nitrogens with zero attached hydrogens (tertiary/aromatic N) is 4. The largest absolute Gasteiger partial charge is 0.395 e. The molecule has 1 aliphatic rings. The van der Waals surface area contributed by atoms with Crippen molar-refractivity contribution in [2.45, 2.75) is 36.6 Å². The molecule has 1 unspecified atom stereocenters. The number of rotatable bonds is 5. The number of aromatic amines is 1. The lowest BCUT2D eigenvalue weighted by Crippen LogP contribution is -2.41. The van der Waals surface area contributed by atoms with Gasteiger partial charge in [0.15, 0.2) is 0 Å². The van der Waals surface area contributed by atoms with Gasteiger partial charge in [-0.2, -0.15) is 5.10 Å². The van der Waals surface area contributed by atoms with Crippen LogP contribution in [0.2, 0.25) is 0 Å². The van der Waals surface area contributed by atoms with Gasteiger partial charge < -0.3 is 5.11 Å². The molecule has 1 atom stereocenters. The highest BCUT2D eigenvalue weighted by molar-refractivity contribution is 7.80. The monoisotopic (exact) mass is 395 g/mol. The number of thiol groups is 1. The third-order valence-electron chi connectivity index (χ3n) is 5.60. The van der Waals surface area contributed by atoms with Crippen LogP contribution in [0, 0.1) is 0 Å². The van der Waals surface area contributed by atoms with E-state index in [1.165, 1.54) is 0 Å². The van der Waals surface area contributed by atoms with Gasteiger partial charge in [-0.05, 0) is 51.1 Å². The molecule has 1 fully saturated rings. The van der Waals surface area contributed by atoms with E-state index in [0.717, 1.165) is 59.0 Å². The van der Waals surface area contributed by atoms with Gasteiger partial charge in [-0.15, -0.1) is 12.6 Å². The quantitative estimate of drug-likeness (QED) is 0.577. The molecule has 0 bridgehead atoms. The first kappa shape index (κ1) is 19.1. The van der Waals surface area contributed by atoms with Crippen molar-refractivity contribution in [2.24, 2.45) is 0 Å². The molecule has 4 rings (SSSR count). The van der Waals surface area contributed by atoms with Crippen molar-refractivity contribution in [3.05, 3.63) is 48.5 Å². The van der Waals surface area contributed by atoms with Crippen molar-refractivity contribution in [3.8, 4) is 22.5 Å². The van der Waals surface area contributed by atoms with Crippen LogP contribution in [-0.2, 0) is 0 Å². The van der Waals surface area contributed by atoms with Gasteiger partial charge in [0.1, 0.15) is 12.0 Å². The van der Waals surface area contributed by atoms with E-state index in [2.05, 4.69) is 44.6 Å². The normalized spacial score (nSPS) is 17.0. The second-order valence-corrected chi connectivity index (χ2v) is 7.86. The number of hydrogen-bond donors (Lipinski definition) is 3. The van der Waals surface area contributed by atoms with Gasteiger partial charge in [0.25, 0.3) is 0 Å². The van der Waals surface area contributed by atoms with Crippen molar-refractivity contribution < 1.29 is 5.11 Å². The zero-order valence-electron chi connectivity index (χ0n) is 15.9. The first-order valence-corrected chi connectivity index (χ1v) is 10.1. The summed E-state index contributed by atoms with van der Waals surface area (Å²) in [6.07, 6.45) is 5.41. The highest BCUT2D eigenvalue weighted by Crippen LogP contribution is 2.39. The number of aromatic nitrogens is 4. The standard InChI is InChI=1S/C21H25N5OS/c1-14(12-27)26-10-7-16(8-11-26)21-19(18-6-9-22-13-23-18)20(24-25-21)15-2-4-17(28)5-3-15/h2-6,9,13-14,16,27-28H,7-8,10-12H2,1H3,(H,24,25). The highest BCUT2D eigenvalue weighted by atomic mass is 32.1. The lowest BCUT2D eigenvalue weighted by Gasteiger charge is -2.35. The fourth-order valence-electron chi connectivity index (χ4n) is 3.92. The molecule has 3 heterocycles. The van der Waals surface area contributed by atoms with Crippen LogP contribution in [-0.4, -0.2) is 55.9 Å². The summed E-state index contributed by atoms with van der Waals surface area (Å²) in [5.41, 5.74) is 5.03. The molecule has 0 spiro atoms. The molecule has 2 aromatic heterocycles. The maximum atomic E-state index is 9.43.